The van der Waals surface area contributed by atoms with Gasteiger partial charge in [-0.1, -0.05) is 48.5 Å². The van der Waals surface area contributed by atoms with Gasteiger partial charge in [-0.2, -0.15) is 0 Å². The van der Waals surface area contributed by atoms with Gasteiger partial charge in [-0.3, -0.25) is 0 Å². The van der Waals surface area contributed by atoms with Gasteiger partial charge in [0.05, 0.1) is 5.69 Å². The fourth-order valence-corrected chi connectivity index (χ4v) is 2.06. The summed E-state index contributed by atoms with van der Waals surface area (Å²) < 4.78 is 1.09. The average molecular weight is 253 g/mol. The first-order chi connectivity index (χ1) is 9.27. The molecular weight excluding hydrogens is 242 g/mol. The van der Waals surface area contributed by atoms with Gasteiger partial charge in [0.25, 0.3) is 0 Å². The van der Waals surface area contributed by atoms with E-state index in [0.29, 0.717) is 5.69 Å². The molecule has 5 nitrogen and oxygen atoms in total. The SMILES string of the molecule is O=c1[nH][nH]c(=O)n1-c1ccccc1-c1ccccc1. The lowest BCUT2D eigenvalue weighted by Gasteiger charge is -2.08. The van der Waals surface area contributed by atoms with Crippen LogP contribution in [0, 0.1) is 0 Å². The Morgan fingerprint density at radius 3 is 2.00 bits per heavy atom. The van der Waals surface area contributed by atoms with Crippen LogP contribution in [0.3, 0.4) is 0 Å². The molecule has 0 radical (unpaired) electrons. The van der Waals surface area contributed by atoms with E-state index in [2.05, 4.69) is 10.2 Å². The predicted octanol–water partition coefficient (Wildman–Crippen LogP) is 1.52. The molecule has 3 rings (SSSR count). The van der Waals surface area contributed by atoms with Crippen LogP contribution in [0.5, 0.6) is 0 Å². The smallest absolute Gasteiger partial charge is 0.247 e. The maximum Gasteiger partial charge on any atom is 0.349 e. The Hall–Kier alpha value is -2.82. The second-order valence-electron chi connectivity index (χ2n) is 4.08. The van der Waals surface area contributed by atoms with Crippen LogP contribution in [0.15, 0.2) is 64.2 Å². The Bertz CT molecular complexity index is 785. The van der Waals surface area contributed by atoms with Crippen LogP contribution in [0.1, 0.15) is 0 Å². The molecule has 5 heteroatoms. The summed E-state index contributed by atoms with van der Waals surface area (Å²) in [6, 6.07) is 16.9. The summed E-state index contributed by atoms with van der Waals surface area (Å²) in [5, 5.41) is 4.57. The highest BCUT2D eigenvalue weighted by Crippen LogP contribution is 2.24. The Labute approximate surface area is 108 Å². The van der Waals surface area contributed by atoms with E-state index < -0.39 is 11.4 Å². The lowest BCUT2D eigenvalue weighted by Crippen LogP contribution is -2.25. The Morgan fingerprint density at radius 1 is 0.737 bits per heavy atom. The Morgan fingerprint density at radius 2 is 1.32 bits per heavy atom. The minimum Gasteiger partial charge on any atom is -0.247 e. The predicted molar refractivity (Wildman–Crippen MR) is 72.4 cm³/mol. The number of H-pyrrole nitrogens is 2. The average Bonchev–Trinajstić information content (AvgIpc) is 2.79. The zero-order valence-electron chi connectivity index (χ0n) is 9.96. The molecule has 0 spiro atoms. The van der Waals surface area contributed by atoms with Crippen molar-refractivity contribution >= 4 is 0 Å². The fraction of sp³-hybridized carbons (Fsp3) is 0. The van der Waals surface area contributed by atoms with Gasteiger partial charge in [-0.25, -0.2) is 24.4 Å². The van der Waals surface area contributed by atoms with E-state index >= 15 is 0 Å². The molecule has 0 aliphatic rings. The maximum atomic E-state index is 11.7. The standard InChI is InChI=1S/C14H11N3O2/c18-13-15-16-14(19)17(13)12-9-5-4-8-11(12)10-6-2-1-3-7-10/h1-9H,(H,15,18)(H,16,19). The molecule has 0 saturated heterocycles. The number of para-hydroxylation sites is 1. The minimum absolute atomic E-state index is 0.478. The molecule has 2 N–H and O–H groups in total. The molecule has 1 aromatic heterocycles. The van der Waals surface area contributed by atoms with Crippen molar-refractivity contribution < 1.29 is 0 Å². The Kier molecular flexibility index (Phi) is 2.64. The van der Waals surface area contributed by atoms with Gasteiger partial charge in [0, 0.05) is 5.56 Å². The van der Waals surface area contributed by atoms with Gasteiger partial charge in [0.15, 0.2) is 0 Å². The van der Waals surface area contributed by atoms with Gasteiger partial charge in [-0.05, 0) is 11.6 Å². The van der Waals surface area contributed by atoms with Crippen molar-refractivity contribution in [2.75, 3.05) is 0 Å². The van der Waals surface area contributed by atoms with Crippen LogP contribution < -0.4 is 11.4 Å². The lowest BCUT2D eigenvalue weighted by molar-refractivity contribution is 0.954. The summed E-state index contributed by atoms with van der Waals surface area (Å²) in [6.45, 7) is 0. The quantitative estimate of drug-likeness (QED) is 0.727. The topological polar surface area (TPSA) is 70.7 Å². The molecule has 19 heavy (non-hydrogen) atoms. The van der Waals surface area contributed by atoms with E-state index in [4.69, 9.17) is 0 Å². The number of nitrogens with one attached hydrogen (secondary N) is 2. The van der Waals surface area contributed by atoms with E-state index in [1.54, 1.807) is 12.1 Å². The number of hydrogen-bond acceptors (Lipinski definition) is 2. The van der Waals surface area contributed by atoms with Crippen LogP contribution >= 0.6 is 0 Å². The van der Waals surface area contributed by atoms with Crippen LogP contribution in [-0.4, -0.2) is 14.8 Å². The molecule has 0 saturated carbocycles. The molecule has 2 aromatic carbocycles. The van der Waals surface area contributed by atoms with Crippen molar-refractivity contribution in [3.63, 3.8) is 0 Å². The van der Waals surface area contributed by atoms with E-state index in [-0.39, 0.29) is 0 Å². The van der Waals surface area contributed by atoms with Crippen LogP contribution in [0.25, 0.3) is 16.8 Å². The van der Waals surface area contributed by atoms with Crippen LogP contribution in [-0.2, 0) is 0 Å². The highest BCUT2D eigenvalue weighted by atomic mass is 16.2. The van der Waals surface area contributed by atoms with Crippen molar-refractivity contribution in [3.05, 3.63) is 75.6 Å². The highest BCUT2D eigenvalue weighted by molar-refractivity contribution is 5.72. The van der Waals surface area contributed by atoms with E-state index in [9.17, 15) is 9.59 Å². The molecule has 0 atom stereocenters. The van der Waals surface area contributed by atoms with E-state index in [1.165, 1.54) is 0 Å². The monoisotopic (exact) mass is 253 g/mol. The van der Waals surface area contributed by atoms with Crippen molar-refractivity contribution in [3.8, 4) is 16.8 Å². The summed E-state index contributed by atoms with van der Waals surface area (Å²) >= 11 is 0. The zero-order chi connectivity index (χ0) is 13.2. The van der Waals surface area contributed by atoms with Crippen molar-refractivity contribution in [1.29, 1.82) is 0 Å². The van der Waals surface area contributed by atoms with Crippen molar-refractivity contribution in [1.82, 2.24) is 14.8 Å². The van der Waals surface area contributed by atoms with E-state index in [1.807, 2.05) is 42.5 Å². The van der Waals surface area contributed by atoms with Gasteiger partial charge < -0.3 is 0 Å². The molecule has 0 bridgehead atoms. The molecule has 0 amide bonds. The Balaban J connectivity index is 2.30. The molecule has 3 aromatic rings. The molecule has 0 unspecified atom stereocenters. The number of aromatic nitrogens is 3. The fourth-order valence-electron chi connectivity index (χ4n) is 2.06. The van der Waals surface area contributed by atoms with Gasteiger partial charge in [-0.15, -0.1) is 0 Å². The third-order valence-corrected chi connectivity index (χ3v) is 2.91. The molecule has 0 aliphatic heterocycles. The van der Waals surface area contributed by atoms with Gasteiger partial charge in [0.1, 0.15) is 0 Å². The van der Waals surface area contributed by atoms with Crippen LogP contribution in [0.2, 0.25) is 0 Å². The molecule has 0 aliphatic carbocycles. The third kappa shape index (κ3) is 1.91. The van der Waals surface area contributed by atoms with E-state index in [0.717, 1.165) is 15.7 Å². The summed E-state index contributed by atoms with van der Waals surface area (Å²) in [5.41, 5.74) is 1.38. The first-order valence-corrected chi connectivity index (χ1v) is 5.82. The van der Waals surface area contributed by atoms with Crippen molar-refractivity contribution in [2.24, 2.45) is 0 Å². The number of aromatic amines is 2. The number of hydrogen-bond donors (Lipinski definition) is 2. The second-order valence-corrected chi connectivity index (χ2v) is 4.08. The summed E-state index contributed by atoms with van der Waals surface area (Å²) in [7, 11) is 0. The highest BCUT2D eigenvalue weighted by Gasteiger charge is 2.11. The molecular formula is C14H11N3O2. The van der Waals surface area contributed by atoms with Crippen molar-refractivity contribution in [2.45, 2.75) is 0 Å². The first kappa shape index (κ1) is 11.3. The second kappa shape index (κ2) is 4.45. The minimum atomic E-state index is -0.478. The summed E-state index contributed by atoms with van der Waals surface area (Å²) in [4.78, 5) is 23.4. The number of rotatable bonds is 2. The third-order valence-electron chi connectivity index (χ3n) is 2.91. The summed E-state index contributed by atoms with van der Waals surface area (Å²) in [6.07, 6.45) is 0. The van der Waals surface area contributed by atoms with Crippen LogP contribution in [0.4, 0.5) is 0 Å². The normalized spacial score (nSPS) is 10.5. The first-order valence-electron chi connectivity index (χ1n) is 5.82. The zero-order valence-corrected chi connectivity index (χ0v) is 9.96. The number of nitrogens with zero attached hydrogens (tertiary/aromatic N) is 1. The lowest BCUT2D eigenvalue weighted by atomic mass is 10.0. The summed E-state index contributed by atoms with van der Waals surface area (Å²) in [5.74, 6) is 0. The maximum absolute atomic E-state index is 11.7. The molecule has 94 valence electrons. The molecule has 0 fully saturated rings. The molecule has 1 heterocycles. The largest absolute Gasteiger partial charge is 0.349 e. The number of benzene rings is 2. The van der Waals surface area contributed by atoms with Gasteiger partial charge >= 0.3 is 11.4 Å². The van der Waals surface area contributed by atoms with Gasteiger partial charge in [0.2, 0.25) is 0 Å².